The second-order valence-corrected chi connectivity index (χ2v) is 9.05. The first-order valence-corrected chi connectivity index (χ1v) is 11.0. The monoisotopic (exact) mass is 425 g/mol. The minimum absolute atomic E-state index is 0.261. The van der Waals surface area contributed by atoms with Gasteiger partial charge in [0, 0.05) is 37.1 Å². The zero-order valence-corrected chi connectivity index (χ0v) is 17.4. The fraction of sp³-hybridized carbons (Fsp3) is 0.250. The number of rotatable bonds is 8. The summed E-state index contributed by atoms with van der Waals surface area (Å²) in [6.45, 7) is 1.40. The summed E-state index contributed by atoms with van der Waals surface area (Å²) in [5.74, 6) is 0. The van der Waals surface area contributed by atoms with Crippen molar-refractivity contribution in [1.82, 2.24) is 29.3 Å². The molecule has 4 aromatic rings. The van der Waals surface area contributed by atoms with Crippen molar-refractivity contribution in [3.8, 4) is 11.1 Å². The lowest BCUT2D eigenvalue weighted by molar-refractivity contribution is 0.464. The van der Waals surface area contributed by atoms with Crippen LogP contribution in [0.4, 0.5) is 0 Å². The zero-order valence-electron chi connectivity index (χ0n) is 16.6. The Morgan fingerprint density at radius 3 is 2.67 bits per heavy atom. The minimum atomic E-state index is -3.53. The Hall–Kier alpha value is -3.08. The highest BCUT2D eigenvalue weighted by Crippen LogP contribution is 2.29. The van der Waals surface area contributed by atoms with Gasteiger partial charge in [0.1, 0.15) is 5.65 Å². The van der Waals surface area contributed by atoms with Gasteiger partial charge in [0.15, 0.2) is 0 Å². The van der Waals surface area contributed by atoms with Crippen molar-refractivity contribution in [2.45, 2.75) is 17.9 Å². The number of hydrogen-bond acceptors (Lipinski definition) is 6. The quantitative estimate of drug-likeness (QED) is 0.444. The predicted octanol–water partition coefficient (Wildman–Crippen LogP) is 1.84. The first kappa shape index (κ1) is 20.2. The Bertz CT molecular complexity index is 1230. The average Bonchev–Trinajstić information content (AvgIpc) is 3.41. The molecule has 0 saturated heterocycles. The van der Waals surface area contributed by atoms with Crippen LogP contribution >= 0.6 is 0 Å². The first-order valence-electron chi connectivity index (χ1n) is 9.56. The summed E-state index contributed by atoms with van der Waals surface area (Å²) in [5, 5.41) is 8.77. The minimum Gasteiger partial charge on any atom is -0.342 e. The van der Waals surface area contributed by atoms with Gasteiger partial charge in [-0.25, -0.2) is 22.4 Å². The number of nitrogens with two attached hydrogens (primary N) is 1. The number of pyridine rings is 1. The van der Waals surface area contributed by atoms with E-state index in [4.69, 9.17) is 5.73 Å². The molecule has 3 heterocycles. The molecular weight excluding hydrogens is 402 g/mol. The van der Waals surface area contributed by atoms with Crippen LogP contribution in [0.15, 0.2) is 59.9 Å². The van der Waals surface area contributed by atoms with E-state index in [1.54, 1.807) is 42.5 Å². The molecule has 0 amide bonds. The lowest BCUT2D eigenvalue weighted by Gasteiger charge is -2.17. The molecular formula is C20H23N7O2S. The highest BCUT2D eigenvalue weighted by atomic mass is 32.2. The number of benzene rings is 1. The molecule has 0 radical (unpaired) electrons. The lowest BCUT2D eigenvalue weighted by Crippen LogP contribution is -2.29. The Morgan fingerprint density at radius 1 is 1.17 bits per heavy atom. The van der Waals surface area contributed by atoms with E-state index in [0.29, 0.717) is 26.1 Å². The van der Waals surface area contributed by atoms with Gasteiger partial charge in [0.05, 0.1) is 17.6 Å². The number of hydrogen-bond donors (Lipinski definition) is 2. The zero-order chi connectivity index (χ0) is 21.1. The van der Waals surface area contributed by atoms with Gasteiger partial charge >= 0.3 is 0 Å². The maximum atomic E-state index is 12.7. The van der Waals surface area contributed by atoms with Crippen LogP contribution in [-0.2, 0) is 16.6 Å². The van der Waals surface area contributed by atoms with Crippen LogP contribution in [-0.4, -0.2) is 57.8 Å². The van der Waals surface area contributed by atoms with Crippen LogP contribution in [0.2, 0.25) is 0 Å². The van der Waals surface area contributed by atoms with Crippen molar-refractivity contribution in [1.29, 1.82) is 0 Å². The van der Waals surface area contributed by atoms with Crippen LogP contribution in [0.25, 0.3) is 22.2 Å². The molecule has 156 valence electrons. The molecule has 0 aliphatic rings. The molecule has 3 aromatic heterocycles. The van der Waals surface area contributed by atoms with E-state index >= 15 is 0 Å². The molecule has 0 aliphatic carbocycles. The van der Waals surface area contributed by atoms with Gasteiger partial charge in [-0.2, -0.15) is 0 Å². The molecule has 9 nitrogen and oxygen atoms in total. The molecule has 0 atom stereocenters. The number of aromatic amines is 1. The third-order valence-electron chi connectivity index (χ3n) is 4.94. The molecule has 0 saturated carbocycles. The summed E-state index contributed by atoms with van der Waals surface area (Å²) < 4.78 is 28.5. The molecule has 0 bridgehead atoms. The average molecular weight is 426 g/mol. The molecule has 0 aliphatic heterocycles. The van der Waals surface area contributed by atoms with E-state index in [0.717, 1.165) is 27.9 Å². The van der Waals surface area contributed by atoms with E-state index < -0.39 is 10.0 Å². The molecule has 0 spiro atoms. The second-order valence-electron chi connectivity index (χ2n) is 7.01. The number of fused-ring (bicyclic) bond motifs is 1. The number of sulfonamides is 1. The largest absolute Gasteiger partial charge is 0.342 e. The molecule has 30 heavy (non-hydrogen) atoms. The van der Waals surface area contributed by atoms with Crippen molar-refractivity contribution in [3.63, 3.8) is 0 Å². The summed E-state index contributed by atoms with van der Waals surface area (Å²) >= 11 is 0. The normalized spacial score (nSPS) is 12.1. The molecule has 10 heteroatoms. The number of aromatic nitrogens is 5. The third-order valence-corrected chi connectivity index (χ3v) is 6.81. The van der Waals surface area contributed by atoms with Crippen LogP contribution in [0.5, 0.6) is 0 Å². The van der Waals surface area contributed by atoms with E-state index in [9.17, 15) is 8.42 Å². The van der Waals surface area contributed by atoms with Crippen molar-refractivity contribution < 1.29 is 8.42 Å². The molecule has 0 unspecified atom stereocenters. The Morgan fingerprint density at radius 2 is 1.97 bits per heavy atom. The van der Waals surface area contributed by atoms with E-state index in [1.165, 1.54) is 4.31 Å². The highest BCUT2D eigenvalue weighted by molar-refractivity contribution is 7.89. The number of nitrogens with zero attached hydrogens (tertiary/aromatic N) is 5. The Balaban J connectivity index is 1.63. The topological polar surface area (TPSA) is 123 Å². The standard InChI is InChI=1S/C20H23N7O2S/c1-26(11-2-8-21)30(28,29)17-5-3-15(4-6-17)18-7-9-22-20-19(18)13-16(24-20)14-27-12-10-23-25-27/h3-7,9-10,12-13H,2,8,11,14,21H2,1H3,(H,22,24). The van der Waals surface area contributed by atoms with Gasteiger partial charge in [0.25, 0.3) is 0 Å². The van der Waals surface area contributed by atoms with E-state index in [2.05, 4.69) is 20.3 Å². The van der Waals surface area contributed by atoms with Crippen molar-refractivity contribution >= 4 is 21.1 Å². The predicted molar refractivity (Wildman–Crippen MR) is 114 cm³/mol. The van der Waals surface area contributed by atoms with Gasteiger partial charge in [-0.05, 0) is 48.4 Å². The smallest absolute Gasteiger partial charge is 0.242 e. The summed E-state index contributed by atoms with van der Waals surface area (Å²) in [4.78, 5) is 7.98. The molecule has 4 rings (SSSR count). The second kappa shape index (κ2) is 8.34. The van der Waals surface area contributed by atoms with E-state index in [-0.39, 0.29) is 4.90 Å². The van der Waals surface area contributed by atoms with Crippen molar-refractivity contribution in [2.24, 2.45) is 5.73 Å². The maximum absolute atomic E-state index is 12.7. The fourth-order valence-electron chi connectivity index (χ4n) is 3.33. The van der Waals surface area contributed by atoms with Gasteiger partial charge < -0.3 is 10.7 Å². The summed E-state index contributed by atoms with van der Waals surface area (Å²) in [5.41, 5.74) is 9.10. The third kappa shape index (κ3) is 3.97. The van der Waals surface area contributed by atoms with Crippen LogP contribution in [0, 0.1) is 0 Å². The van der Waals surface area contributed by atoms with Crippen LogP contribution in [0.3, 0.4) is 0 Å². The molecule has 0 fully saturated rings. The van der Waals surface area contributed by atoms with E-state index in [1.807, 2.05) is 24.3 Å². The molecule has 3 N–H and O–H groups in total. The summed E-state index contributed by atoms with van der Waals surface area (Å²) in [6, 6.07) is 10.9. The Labute approximate surface area is 174 Å². The summed E-state index contributed by atoms with van der Waals surface area (Å²) in [7, 11) is -1.96. The fourth-order valence-corrected chi connectivity index (χ4v) is 4.54. The van der Waals surface area contributed by atoms with Gasteiger partial charge in [0.2, 0.25) is 10.0 Å². The lowest BCUT2D eigenvalue weighted by atomic mass is 10.0. The van der Waals surface area contributed by atoms with Crippen molar-refractivity contribution in [3.05, 3.63) is 60.7 Å². The van der Waals surface area contributed by atoms with Gasteiger partial charge in [-0.3, -0.25) is 0 Å². The highest BCUT2D eigenvalue weighted by Gasteiger charge is 2.20. The van der Waals surface area contributed by atoms with Gasteiger partial charge in [-0.1, -0.05) is 17.3 Å². The SMILES string of the molecule is CN(CCCN)S(=O)(=O)c1ccc(-c2ccnc3[nH]c(Cn4ccnn4)cc23)cc1. The first-order chi connectivity index (χ1) is 14.5. The van der Waals surface area contributed by atoms with Crippen molar-refractivity contribution in [2.75, 3.05) is 20.1 Å². The number of H-pyrrole nitrogens is 1. The summed E-state index contributed by atoms with van der Waals surface area (Å²) in [6.07, 6.45) is 5.78. The Kier molecular flexibility index (Phi) is 5.62. The molecule has 1 aromatic carbocycles. The van der Waals surface area contributed by atoms with Crippen LogP contribution < -0.4 is 5.73 Å². The van der Waals surface area contributed by atoms with Gasteiger partial charge in [-0.15, -0.1) is 5.10 Å². The number of nitrogens with one attached hydrogen (secondary N) is 1. The van der Waals surface area contributed by atoms with Crippen LogP contribution in [0.1, 0.15) is 12.1 Å². The maximum Gasteiger partial charge on any atom is 0.242 e.